The molecule has 0 unspecified atom stereocenters. The molecule has 0 radical (unpaired) electrons. The number of methoxy groups -OCH3 is 1. The second-order valence-electron chi connectivity index (χ2n) is 6.69. The van der Waals surface area contributed by atoms with E-state index in [0.717, 1.165) is 10.9 Å². The van der Waals surface area contributed by atoms with Gasteiger partial charge in [0, 0.05) is 23.2 Å². The molecular weight excluding hydrogens is 441 g/mol. The molecule has 4 rings (SSSR count). The fourth-order valence-corrected chi connectivity index (χ4v) is 4.79. The van der Waals surface area contributed by atoms with Gasteiger partial charge in [-0.15, -0.1) is 22.7 Å². The Morgan fingerprint density at radius 3 is 2.68 bits per heavy atom. The number of amides is 1. The van der Waals surface area contributed by atoms with Gasteiger partial charge in [-0.3, -0.25) is 18.7 Å². The molecule has 3 heterocycles. The van der Waals surface area contributed by atoms with Crippen LogP contribution in [0.3, 0.4) is 0 Å². The van der Waals surface area contributed by atoms with Crippen LogP contribution < -0.4 is 21.3 Å². The average Bonchev–Trinajstić information content (AvgIpc) is 3.43. The molecule has 1 amide bonds. The predicted molar refractivity (Wildman–Crippen MR) is 120 cm³/mol. The molecule has 0 bridgehead atoms. The Balaban J connectivity index is 1.62. The summed E-state index contributed by atoms with van der Waals surface area (Å²) in [6.07, 6.45) is 0.543. The lowest BCUT2D eigenvalue weighted by Crippen LogP contribution is -2.41. The van der Waals surface area contributed by atoms with Crippen LogP contribution in [-0.2, 0) is 24.3 Å². The molecule has 0 spiro atoms. The minimum absolute atomic E-state index is 0.0621. The van der Waals surface area contributed by atoms with Gasteiger partial charge in [0.2, 0.25) is 5.91 Å². The van der Waals surface area contributed by atoms with Crippen molar-refractivity contribution in [3.8, 4) is 5.75 Å². The van der Waals surface area contributed by atoms with Crippen molar-refractivity contribution in [1.82, 2.24) is 9.13 Å². The Hall–Kier alpha value is -3.24. The summed E-state index contributed by atoms with van der Waals surface area (Å²) in [4.78, 5) is 39.5. The summed E-state index contributed by atoms with van der Waals surface area (Å²) in [5.74, 6) is -1.06. The molecule has 0 aliphatic rings. The number of fused-ring (bicyclic) bond motifs is 1. The van der Waals surface area contributed by atoms with Crippen molar-refractivity contribution in [2.45, 2.75) is 19.5 Å². The Morgan fingerprint density at radius 2 is 1.97 bits per heavy atom. The molecule has 0 aliphatic heterocycles. The van der Waals surface area contributed by atoms with E-state index in [-0.39, 0.29) is 30.1 Å². The van der Waals surface area contributed by atoms with Crippen molar-refractivity contribution in [3.05, 3.63) is 78.7 Å². The lowest BCUT2D eigenvalue weighted by molar-refractivity contribution is -0.116. The van der Waals surface area contributed by atoms with Gasteiger partial charge in [-0.2, -0.15) is 0 Å². The first-order valence-electron chi connectivity index (χ1n) is 9.34. The van der Waals surface area contributed by atoms with Crippen molar-refractivity contribution in [2.24, 2.45) is 0 Å². The summed E-state index contributed by atoms with van der Waals surface area (Å²) in [5, 5.41) is 6.22. The van der Waals surface area contributed by atoms with E-state index in [9.17, 15) is 18.8 Å². The van der Waals surface area contributed by atoms with Crippen molar-refractivity contribution < 1.29 is 13.9 Å². The number of hydrogen-bond donors (Lipinski definition) is 1. The van der Waals surface area contributed by atoms with Gasteiger partial charge >= 0.3 is 5.69 Å². The Bertz CT molecular complexity index is 1360. The first kappa shape index (κ1) is 21.0. The molecule has 0 atom stereocenters. The SMILES string of the molecule is COc1ccc(NC(=O)Cn2c(=O)n(CCc3cccs3)c(=O)c3sccc32)cc1F. The summed E-state index contributed by atoms with van der Waals surface area (Å²) in [6.45, 7) is -0.0870. The first-order chi connectivity index (χ1) is 15.0. The number of thiophene rings is 2. The molecule has 31 heavy (non-hydrogen) atoms. The number of carbonyl (C=O) groups excluding carboxylic acids is 1. The van der Waals surface area contributed by atoms with Crippen LogP contribution in [0, 0.1) is 5.82 Å². The summed E-state index contributed by atoms with van der Waals surface area (Å²) in [5.41, 5.74) is -0.267. The number of halogens is 1. The smallest absolute Gasteiger partial charge is 0.332 e. The van der Waals surface area contributed by atoms with E-state index in [0.29, 0.717) is 16.6 Å². The maximum absolute atomic E-state index is 13.9. The highest BCUT2D eigenvalue weighted by Gasteiger charge is 2.17. The van der Waals surface area contributed by atoms with Crippen LogP contribution in [0.15, 0.2) is 56.7 Å². The highest BCUT2D eigenvalue weighted by atomic mass is 32.1. The summed E-state index contributed by atoms with van der Waals surface area (Å²) in [6, 6.07) is 9.55. The molecule has 0 aliphatic carbocycles. The number of aryl methyl sites for hydroxylation is 1. The van der Waals surface area contributed by atoms with E-state index < -0.39 is 17.4 Å². The van der Waals surface area contributed by atoms with Gasteiger partial charge in [0.25, 0.3) is 5.56 Å². The fraction of sp³-hybridized carbons (Fsp3) is 0.190. The van der Waals surface area contributed by atoms with Gasteiger partial charge < -0.3 is 10.1 Å². The molecule has 0 saturated carbocycles. The zero-order valence-electron chi connectivity index (χ0n) is 16.5. The van der Waals surface area contributed by atoms with Crippen molar-refractivity contribution in [2.75, 3.05) is 12.4 Å². The Kier molecular flexibility index (Phi) is 6.01. The van der Waals surface area contributed by atoms with Gasteiger partial charge in [0.15, 0.2) is 11.6 Å². The van der Waals surface area contributed by atoms with Crippen LogP contribution in [0.5, 0.6) is 5.75 Å². The number of carbonyl (C=O) groups is 1. The number of rotatable bonds is 7. The second-order valence-corrected chi connectivity index (χ2v) is 8.64. The van der Waals surface area contributed by atoms with Crippen LogP contribution in [0.1, 0.15) is 4.88 Å². The maximum Gasteiger partial charge on any atom is 0.332 e. The monoisotopic (exact) mass is 459 g/mol. The minimum atomic E-state index is -0.611. The van der Waals surface area contributed by atoms with Gasteiger partial charge in [0.1, 0.15) is 11.2 Å². The van der Waals surface area contributed by atoms with E-state index in [2.05, 4.69) is 5.32 Å². The summed E-state index contributed by atoms with van der Waals surface area (Å²) in [7, 11) is 1.35. The normalized spacial score (nSPS) is 11.0. The quantitative estimate of drug-likeness (QED) is 0.460. The molecule has 0 saturated heterocycles. The van der Waals surface area contributed by atoms with Crippen LogP contribution in [-0.4, -0.2) is 22.2 Å². The van der Waals surface area contributed by atoms with Crippen LogP contribution in [0.4, 0.5) is 10.1 Å². The highest BCUT2D eigenvalue weighted by molar-refractivity contribution is 7.17. The van der Waals surface area contributed by atoms with Crippen molar-refractivity contribution in [1.29, 1.82) is 0 Å². The topological polar surface area (TPSA) is 82.3 Å². The molecular formula is C21H18FN3O4S2. The molecule has 160 valence electrons. The Labute approximate surface area is 184 Å². The van der Waals surface area contributed by atoms with Crippen LogP contribution in [0.25, 0.3) is 10.2 Å². The summed E-state index contributed by atoms with van der Waals surface area (Å²) < 4.78 is 21.6. The van der Waals surface area contributed by atoms with Gasteiger partial charge in [-0.05, 0) is 41.4 Å². The molecule has 1 N–H and O–H groups in total. The van der Waals surface area contributed by atoms with E-state index in [1.807, 2.05) is 17.5 Å². The number of ether oxygens (including phenoxy) is 1. The van der Waals surface area contributed by atoms with Crippen molar-refractivity contribution in [3.63, 3.8) is 0 Å². The van der Waals surface area contributed by atoms with Gasteiger partial charge in [-0.1, -0.05) is 6.07 Å². The van der Waals surface area contributed by atoms with Crippen LogP contribution >= 0.6 is 22.7 Å². The zero-order chi connectivity index (χ0) is 22.0. The second kappa shape index (κ2) is 8.86. The predicted octanol–water partition coefficient (Wildman–Crippen LogP) is 3.32. The van der Waals surface area contributed by atoms with Gasteiger partial charge in [0.05, 0.1) is 12.6 Å². The van der Waals surface area contributed by atoms with Gasteiger partial charge in [-0.25, -0.2) is 9.18 Å². The molecule has 1 aromatic carbocycles. The van der Waals surface area contributed by atoms with E-state index in [1.54, 1.807) is 22.8 Å². The van der Waals surface area contributed by atoms with Crippen LogP contribution in [0.2, 0.25) is 0 Å². The lowest BCUT2D eigenvalue weighted by Gasteiger charge is -2.12. The molecule has 7 nitrogen and oxygen atoms in total. The Morgan fingerprint density at radius 1 is 1.13 bits per heavy atom. The number of anilines is 1. The number of benzene rings is 1. The minimum Gasteiger partial charge on any atom is -0.494 e. The lowest BCUT2D eigenvalue weighted by atomic mass is 10.3. The number of nitrogens with zero attached hydrogens (tertiary/aromatic N) is 2. The molecule has 3 aromatic heterocycles. The molecule has 4 aromatic rings. The summed E-state index contributed by atoms with van der Waals surface area (Å²) >= 11 is 2.78. The average molecular weight is 460 g/mol. The zero-order valence-corrected chi connectivity index (χ0v) is 18.1. The standard InChI is InChI=1S/C21H18FN3O4S2/c1-29-17-5-4-13(11-15(17)22)23-18(26)12-25-16-7-10-31-19(16)20(27)24(21(25)28)8-6-14-3-2-9-30-14/h2-5,7,9-11H,6,8,12H2,1H3,(H,23,26). The third kappa shape index (κ3) is 4.30. The molecule has 10 heteroatoms. The third-order valence-electron chi connectivity index (χ3n) is 4.74. The third-order valence-corrected chi connectivity index (χ3v) is 6.56. The number of nitrogens with one attached hydrogen (secondary N) is 1. The number of aromatic nitrogens is 2. The largest absolute Gasteiger partial charge is 0.494 e. The maximum atomic E-state index is 13.9. The fourth-order valence-electron chi connectivity index (χ4n) is 3.25. The van der Waals surface area contributed by atoms with E-state index in [1.165, 1.54) is 39.7 Å². The van der Waals surface area contributed by atoms with E-state index in [4.69, 9.17) is 4.74 Å². The van der Waals surface area contributed by atoms with E-state index >= 15 is 0 Å². The highest BCUT2D eigenvalue weighted by Crippen LogP contribution is 2.21. The first-order valence-corrected chi connectivity index (χ1v) is 11.1. The number of hydrogen-bond acceptors (Lipinski definition) is 6. The molecule has 0 fully saturated rings. The van der Waals surface area contributed by atoms with Crippen molar-refractivity contribution >= 4 is 44.5 Å².